The van der Waals surface area contributed by atoms with E-state index in [4.69, 9.17) is 5.73 Å². The van der Waals surface area contributed by atoms with E-state index in [2.05, 4.69) is 4.74 Å². The van der Waals surface area contributed by atoms with Crippen molar-refractivity contribution in [3.63, 3.8) is 0 Å². The van der Waals surface area contributed by atoms with E-state index in [9.17, 15) is 8.78 Å². The Kier molecular flexibility index (Phi) is 3.83. The van der Waals surface area contributed by atoms with Crippen LogP contribution in [-0.4, -0.2) is 19.8 Å². The van der Waals surface area contributed by atoms with Gasteiger partial charge in [0.2, 0.25) is 0 Å². The van der Waals surface area contributed by atoms with Crippen LogP contribution in [0.15, 0.2) is 0 Å². The maximum Gasteiger partial charge on any atom is 0.345 e. The molecule has 2 nitrogen and oxygen atoms in total. The average molecular weight is 111 g/mol. The first-order valence-corrected chi connectivity index (χ1v) is 1.87. The number of alkyl halides is 2. The number of hydrogen-bond donors (Lipinski definition) is 1. The Bertz CT molecular complexity index is 41.9. The molecule has 0 aliphatic rings. The van der Waals surface area contributed by atoms with Crippen molar-refractivity contribution in [3.05, 3.63) is 0 Å². The Morgan fingerprint density at radius 3 is 2.29 bits per heavy atom. The largest absolute Gasteiger partial charge is 0.345 e. The second-order valence-electron chi connectivity index (χ2n) is 0.920. The Hall–Kier alpha value is -0.220. The van der Waals surface area contributed by atoms with Gasteiger partial charge in [0.15, 0.2) is 0 Å². The predicted molar refractivity (Wildman–Crippen MR) is 21.0 cm³/mol. The fourth-order valence-corrected chi connectivity index (χ4v) is 0.157. The van der Waals surface area contributed by atoms with Crippen LogP contribution in [0.1, 0.15) is 0 Å². The number of hydrogen-bond acceptors (Lipinski definition) is 2. The molecule has 0 spiro atoms. The second kappa shape index (κ2) is 3.95. The van der Waals surface area contributed by atoms with Gasteiger partial charge in [-0.2, -0.15) is 8.78 Å². The van der Waals surface area contributed by atoms with Gasteiger partial charge in [-0.25, -0.2) is 0 Å². The van der Waals surface area contributed by atoms with Crippen LogP contribution < -0.4 is 5.73 Å². The lowest BCUT2D eigenvalue weighted by Gasteiger charge is -1.95. The molecule has 0 saturated carbocycles. The molecule has 0 radical (unpaired) electrons. The summed E-state index contributed by atoms with van der Waals surface area (Å²) in [5.41, 5.74) is 4.82. The van der Waals surface area contributed by atoms with Crippen LogP contribution in [0, 0.1) is 0 Å². The average Bonchev–Trinajstić information content (AvgIpc) is 1.61. The molecule has 7 heavy (non-hydrogen) atoms. The quantitative estimate of drug-likeness (QED) is 0.564. The monoisotopic (exact) mass is 111 g/mol. The Labute approximate surface area is 40.3 Å². The molecule has 2 N–H and O–H groups in total. The first kappa shape index (κ1) is 6.78. The van der Waals surface area contributed by atoms with E-state index in [0.717, 1.165) is 0 Å². The fraction of sp³-hybridized carbons (Fsp3) is 1.00. The smallest absolute Gasteiger partial charge is 0.328 e. The standard InChI is InChI=1S/C3H7F2NO/c4-3(5)7-2-1-6/h3H,1-2,6H2. The SMILES string of the molecule is NCCOC(F)F. The van der Waals surface area contributed by atoms with Crippen molar-refractivity contribution in [2.45, 2.75) is 6.61 Å². The molecule has 0 fully saturated rings. The van der Waals surface area contributed by atoms with Gasteiger partial charge in [0.05, 0.1) is 6.61 Å². The molecule has 44 valence electrons. The maximum absolute atomic E-state index is 10.9. The van der Waals surface area contributed by atoms with Crippen LogP contribution in [0.2, 0.25) is 0 Å². The van der Waals surface area contributed by atoms with Crippen LogP contribution >= 0.6 is 0 Å². The molecule has 0 aliphatic heterocycles. The van der Waals surface area contributed by atoms with Gasteiger partial charge < -0.3 is 10.5 Å². The van der Waals surface area contributed by atoms with E-state index in [1.807, 2.05) is 0 Å². The van der Waals surface area contributed by atoms with Crippen molar-refractivity contribution < 1.29 is 13.5 Å². The molecule has 0 saturated heterocycles. The van der Waals surface area contributed by atoms with Crippen molar-refractivity contribution in [1.29, 1.82) is 0 Å². The van der Waals surface area contributed by atoms with Gasteiger partial charge in [0, 0.05) is 6.54 Å². The van der Waals surface area contributed by atoms with Crippen LogP contribution in [0.3, 0.4) is 0 Å². The normalized spacial score (nSPS) is 10.3. The Morgan fingerprint density at radius 2 is 2.14 bits per heavy atom. The highest BCUT2D eigenvalue weighted by atomic mass is 19.3. The summed E-state index contributed by atoms with van der Waals surface area (Å²) in [6.45, 7) is -2.61. The van der Waals surface area contributed by atoms with Crippen molar-refractivity contribution in [2.75, 3.05) is 13.2 Å². The third-order valence-corrected chi connectivity index (χ3v) is 0.362. The topological polar surface area (TPSA) is 35.2 Å². The van der Waals surface area contributed by atoms with Gasteiger partial charge in [-0.1, -0.05) is 0 Å². The first-order valence-electron chi connectivity index (χ1n) is 1.87. The lowest BCUT2D eigenvalue weighted by molar-refractivity contribution is -0.126. The molecule has 0 aromatic rings. The van der Waals surface area contributed by atoms with Gasteiger partial charge in [-0.15, -0.1) is 0 Å². The third-order valence-electron chi connectivity index (χ3n) is 0.362. The van der Waals surface area contributed by atoms with Gasteiger partial charge in [0.1, 0.15) is 0 Å². The molecule has 0 atom stereocenters. The van der Waals surface area contributed by atoms with E-state index >= 15 is 0 Å². The lowest BCUT2D eigenvalue weighted by Crippen LogP contribution is -2.10. The zero-order chi connectivity index (χ0) is 5.70. The van der Waals surface area contributed by atoms with Crippen molar-refractivity contribution >= 4 is 0 Å². The molecule has 0 unspecified atom stereocenters. The first-order chi connectivity index (χ1) is 3.27. The van der Waals surface area contributed by atoms with Crippen LogP contribution in [-0.2, 0) is 4.74 Å². The highest BCUT2D eigenvalue weighted by Gasteiger charge is 1.96. The zero-order valence-electron chi connectivity index (χ0n) is 3.73. The predicted octanol–water partition coefficient (Wildman–Crippen LogP) is 0.184. The molecule has 0 aliphatic carbocycles. The van der Waals surface area contributed by atoms with E-state index in [0.29, 0.717) is 0 Å². The number of rotatable bonds is 3. The van der Waals surface area contributed by atoms with E-state index in [1.54, 1.807) is 0 Å². The van der Waals surface area contributed by atoms with E-state index < -0.39 is 6.61 Å². The summed E-state index contributed by atoms with van der Waals surface area (Å²) in [4.78, 5) is 0. The molecule has 0 aromatic heterocycles. The summed E-state index contributed by atoms with van der Waals surface area (Å²) in [6.07, 6.45) is 0. The molecule has 0 heterocycles. The molecule has 0 bridgehead atoms. The van der Waals surface area contributed by atoms with Crippen LogP contribution in [0.4, 0.5) is 8.78 Å². The van der Waals surface area contributed by atoms with Gasteiger partial charge in [0.25, 0.3) is 0 Å². The van der Waals surface area contributed by atoms with Crippen LogP contribution in [0.25, 0.3) is 0 Å². The number of ether oxygens (including phenoxy) is 1. The summed E-state index contributed by atoms with van der Waals surface area (Å²) in [5, 5.41) is 0. The van der Waals surface area contributed by atoms with Crippen molar-refractivity contribution in [3.8, 4) is 0 Å². The second-order valence-corrected chi connectivity index (χ2v) is 0.920. The Balaban J connectivity index is 2.68. The number of halogens is 2. The summed E-state index contributed by atoms with van der Waals surface area (Å²) in [7, 11) is 0. The minimum Gasteiger partial charge on any atom is -0.328 e. The van der Waals surface area contributed by atoms with Crippen molar-refractivity contribution in [2.24, 2.45) is 5.73 Å². The minimum absolute atomic E-state index is 0.0718. The van der Waals surface area contributed by atoms with Gasteiger partial charge in [-0.05, 0) is 0 Å². The maximum atomic E-state index is 10.9. The van der Waals surface area contributed by atoms with Crippen LogP contribution in [0.5, 0.6) is 0 Å². The highest BCUT2D eigenvalue weighted by molar-refractivity contribution is 4.25. The summed E-state index contributed by atoms with van der Waals surface area (Å²) < 4.78 is 25.6. The highest BCUT2D eigenvalue weighted by Crippen LogP contribution is 1.90. The summed E-state index contributed by atoms with van der Waals surface area (Å²) >= 11 is 0. The Morgan fingerprint density at radius 1 is 1.57 bits per heavy atom. The number of nitrogens with two attached hydrogens (primary N) is 1. The fourth-order valence-electron chi connectivity index (χ4n) is 0.157. The lowest BCUT2D eigenvalue weighted by atomic mass is 10.7. The summed E-state index contributed by atoms with van der Waals surface area (Å²) in [5.74, 6) is 0. The molecule has 0 rings (SSSR count). The molecule has 4 heteroatoms. The van der Waals surface area contributed by atoms with E-state index in [1.165, 1.54) is 0 Å². The molecular formula is C3H7F2NO. The molecule has 0 aromatic carbocycles. The molecule has 0 amide bonds. The van der Waals surface area contributed by atoms with Gasteiger partial charge >= 0.3 is 6.61 Å². The van der Waals surface area contributed by atoms with E-state index in [-0.39, 0.29) is 13.2 Å². The van der Waals surface area contributed by atoms with Gasteiger partial charge in [-0.3, -0.25) is 0 Å². The van der Waals surface area contributed by atoms with Crippen molar-refractivity contribution in [1.82, 2.24) is 0 Å². The molecular weight excluding hydrogens is 104 g/mol. The zero-order valence-corrected chi connectivity index (χ0v) is 3.73. The minimum atomic E-state index is -2.68. The third kappa shape index (κ3) is 5.78. The summed E-state index contributed by atoms with van der Waals surface area (Å²) in [6, 6.07) is 0.